The van der Waals surface area contributed by atoms with Gasteiger partial charge in [0.2, 0.25) is 5.91 Å². The lowest BCUT2D eigenvalue weighted by molar-refractivity contribution is -0.125. The van der Waals surface area contributed by atoms with Crippen molar-refractivity contribution in [2.24, 2.45) is 5.41 Å². The summed E-state index contributed by atoms with van der Waals surface area (Å²) in [4.78, 5) is 23.5. The highest BCUT2D eigenvalue weighted by Gasteiger charge is 2.73. The summed E-state index contributed by atoms with van der Waals surface area (Å²) in [5.74, 6) is 1.03. The molecule has 2 aliphatic rings. The van der Waals surface area contributed by atoms with Gasteiger partial charge < -0.3 is 9.84 Å². The van der Waals surface area contributed by atoms with Crippen LogP contribution < -0.4 is 5.32 Å². The molecule has 1 N–H and O–H groups in total. The molecular weight excluding hydrogens is 340 g/mol. The Morgan fingerprint density at radius 3 is 2.37 bits per heavy atom. The lowest BCUT2D eigenvalue weighted by atomic mass is 9.63. The van der Waals surface area contributed by atoms with Crippen LogP contribution in [0.5, 0.6) is 0 Å². The molecule has 1 amide bonds. The quantitative estimate of drug-likeness (QED) is 0.748. The van der Waals surface area contributed by atoms with Gasteiger partial charge in [-0.15, -0.1) is 0 Å². The Morgan fingerprint density at radius 1 is 1.07 bits per heavy atom. The Kier molecular flexibility index (Phi) is 3.00. The average Bonchev–Trinajstić information content (AvgIpc) is 3.18. The number of aromatic nitrogens is 3. The number of para-hydroxylation sites is 2. The first-order valence-corrected chi connectivity index (χ1v) is 9.32. The van der Waals surface area contributed by atoms with Gasteiger partial charge in [0.15, 0.2) is 5.82 Å². The van der Waals surface area contributed by atoms with Crippen molar-refractivity contribution < 1.29 is 9.32 Å². The van der Waals surface area contributed by atoms with E-state index in [0.717, 1.165) is 35.3 Å². The molecule has 2 bridgehead atoms. The van der Waals surface area contributed by atoms with E-state index in [0.29, 0.717) is 11.6 Å². The molecule has 6 nitrogen and oxygen atoms in total. The molecule has 0 aliphatic heterocycles. The number of fused-ring (bicyclic) bond motifs is 6. The standard InChI is InChI=1S/C21H22N4O2/c1-12-11-15(25-27-12)24-18(26)21-10-9-20(4,19(21,2)3)16-17(21)23-14-8-6-5-7-13(14)22-16/h5-8,11H,9-10H2,1-4H3,(H,24,25,26). The minimum Gasteiger partial charge on any atom is -0.360 e. The molecule has 0 radical (unpaired) electrons. The first kappa shape index (κ1) is 16.4. The molecule has 2 aromatic heterocycles. The Labute approximate surface area is 157 Å². The van der Waals surface area contributed by atoms with E-state index >= 15 is 0 Å². The van der Waals surface area contributed by atoms with Crippen LogP contribution >= 0.6 is 0 Å². The SMILES string of the molecule is Cc1cc(NC(=O)C23CCC(C)(c4nc5ccccc5nc42)C3(C)C)no1. The number of hydrogen-bond donors (Lipinski definition) is 1. The summed E-state index contributed by atoms with van der Waals surface area (Å²) in [6.07, 6.45) is 1.66. The van der Waals surface area contributed by atoms with Gasteiger partial charge in [-0.05, 0) is 37.3 Å². The van der Waals surface area contributed by atoms with Gasteiger partial charge in [-0.1, -0.05) is 38.1 Å². The molecule has 0 saturated heterocycles. The van der Waals surface area contributed by atoms with Gasteiger partial charge in [-0.2, -0.15) is 0 Å². The number of rotatable bonds is 2. The molecule has 5 rings (SSSR count). The third-order valence-electron chi connectivity index (χ3n) is 7.20. The summed E-state index contributed by atoms with van der Waals surface area (Å²) in [5.41, 5.74) is 2.23. The second kappa shape index (κ2) is 4.94. The Bertz CT molecular complexity index is 1100. The van der Waals surface area contributed by atoms with Gasteiger partial charge in [0.25, 0.3) is 0 Å². The monoisotopic (exact) mass is 362 g/mol. The number of aryl methyl sites for hydroxylation is 1. The summed E-state index contributed by atoms with van der Waals surface area (Å²) >= 11 is 0. The van der Waals surface area contributed by atoms with Crippen molar-refractivity contribution >= 4 is 22.8 Å². The van der Waals surface area contributed by atoms with Crippen molar-refractivity contribution in [1.29, 1.82) is 0 Å². The maximum atomic E-state index is 13.6. The van der Waals surface area contributed by atoms with Crippen LogP contribution in [-0.4, -0.2) is 21.0 Å². The highest BCUT2D eigenvalue weighted by molar-refractivity contribution is 6.01. The van der Waals surface area contributed by atoms with Crippen molar-refractivity contribution in [2.45, 2.75) is 51.4 Å². The minimum atomic E-state index is -0.735. The van der Waals surface area contributed by atoms with E-state index in [1.165, 1.54) is 0 Å². The molecule has 138 valence electrons. The number of nitrogens with one attached hydrogen (secondary N) is 1. The number of carbonyl (C=O) groups is 1. The smallest absolute Gasteiger partial charge is 0.238 e. The summed E-state index contributed by atoms with van der Waals surface area (Å²) in [6.45, 7) is 8.36. The molecule has 2 unspecified atom stereocenters. The lowest BCUT2D eigenvalue weighted by Gasteiger charge is -2.39. The number of anilines is 1. The van der Waals surface area contributed by atoms with Crippen molar-refractivity contribution in [1.82, 2.24) is 15.1 Å². The normalized spacial score (nSPS) is 27.7. The largest absolute Gasteiger partial charge is 0.360 e. The zero-order valence-electron chi connectivity index (χ0n) is 16.0. The summed E-state index contributed by atoms with van der Waals surface area (Å²) in [5, 5.41) is 6.91. The molecule has 2 aliphatic carbocycles. The first-order valence-electron chi connectivity index (χ1n) is 9.32. The molecule has 2 heterocycles. The van der Waals surface area contributed by atoms with E-state index < -0.39 is 5.41 Å². The van der Waals surface area contributed by atoms with Crippen molar-refractivity contribution in [3.05, 3.63) is 47.5 Å². The first-order chi connectivity index (χ1) is 12.8. The fourth-order valence-electron chi connectivity index (χ4n) is 5.20. The Hall–Kier alpha value is -2.76. The van der Waals surface area contributed by atoms with Crippen LogP contribution in [0, 0.1) is 12.3 Å². The third-order valence-corrected chi connectivity index (χ3v) is 7.20. The molecule has 1 fully saturated rings. The number of hydrogen-bond acceptors (Lipinski definition) is 5. The second-order valence-electron chi connectivity index (χ2n) is 8.55. The topological polar surface area (TPSA) is 80.9 Å². The van der Waals surface area contributed by atoms with E-state index in [1.807, 2.05) is 24.3 Å². The number of nitrogens with zero attached hydrogens (tertiary/aromatic N) is 3. The van der Waals surface area contributed by atoms with E-state index in [9.17, 15) is 4.79 Å². The highest BCUT2D eigenvalue weighted by atomic mass is 16.5. The molecule has 2 atom stereocenters. The molecule has 1 aromatic carbocycles. The van der Waals surface area contributed by atoms with Crippen molar-refractivity contribution in [3.8, 4) is 0 Å². The van der Waals surface area contributed by atoms with Gasteiger partial charge in [-0.3, -0.25) is 4.79 Å². The fraction of sp³-hybridized carbons (Fsp3) is 0.429. The van der Waals surface area contributed by atoms with Crippen LogP contribution in [0.4, 0.5) is 5.82 Å². The maximum absolute atomic E-state index is 13.6. The summed E-state index contributed by atoms with van der Waals surface area (Å²) in [7, 11) is 0. The van der Waals surface area contributed by atoms with Crippen molar-refractivity contribution in [2.75, 3.05) is 5.32 Å². The maximum Gasteiger partial charge on any atom is 0.238 e. The van der Waals surface area contributed by atoms with Gasteiger partial charge >= 0.3 is 0 Å². The van der Waals surface area contributed by atoms with Crippen LogP contribution in [-0.2, 0) is 15.6 Å². The Balaban J connectivity index is 1.72. The predicted molar refractivity (Wildman–Crippen MR) is 101 cm³/mol. The molecule has 27 heavy (non-hydrogen) atoms. The molecule has 0 spiro atoms. The number of benzene rings is 1. The van der Waals surface area contributed by atoms with E-state index in [-0.39, 0.29) is 16.7 Å². The summed E-state index contributed by atoms with van der Waals surface area (Å²) in [6, 6.07) is 9.60. The van der Waals surface area contributed by atoms with E-state index in [2.05, 4.69) is 31.2 Å². The predicted octanol–water partition coefficient (Wildman–Crippen LogP) is 3.89. The summed E-state index contributed by atoms with van der Waals surface area (Å²) < 4.78 is 5.11. The molecule has 1 saturated carbocycles. The zero-order valence-corrected chi connectivity index (χ0v) is 16.0. The van der Waals surface area contributed by atoms with Gasteiger partial charge in [0.1, 0.15) is 5.76 Å². The van der Waals surface area contributed by atoms with Crippen LogP contribution in [0.3, 0.4) is 0 Å². The van der Waals surface area contributed by atoms with E-state index in [1.54, 1.807) is 13.0 Å². The minimum absolute atomic E-state index is 0.0761. The number of amides is 1. The van der Waals surface area contributed by atoms with Crippen LogP contribution in [0.2, 0.25) is 0 Å². The Morgan fingerprint density at radius 2 is 1.74 bits per heavy atom. The number of carbonyl (C=O) groups excluding carboxylic acids is 1. The third kappa shape index (κ3) is 1.80. The molecule has 3 aromatic rings. The zero-order chi connectivity index (χ0) is 19.0. The van der Waals surface area contributed by atoms with Gasteiger partial charge in [-0.25, -0.2) is 9.97 Å². The van der Waals surface area contributed by atoms with Gasteiger partial charge in [0.05, 0.1) is 27.8 Å². The van der Waals surface area contributed by atoms with Crippen LogP contribution in [0.15, 0.2) is 34.9 Å². The fourth-order valence-corrected chi connectivity index (χ4v) is 5.20. The van der Waals surface area contributed by atoms with Crippen LogP contribution in [0.1, 0.15) is 50.8 Å². The average molecular weight is 362 g/mol. The van der Waals surface area contributed by atoms with Gasteiger partial charge in [0, 0.05) is 11.5 Å². The van der Waals surface area contributed by atoms with Crippen molar-refractivity contribution in [3.63, 3.8) is 0 Å². The van der Waals surface area contributed by atoms with E-state index in [4.69, 9.17) is 14.5 Å². The molecule has 6 heteroatoms. The van der Waals surface area contributed by atoms with Crippen LogP contribution in [0.25, 0.3) is 11.0 Å². The molecular formula is C21H22N4O2. The lowest BCUT2D eigenvalue weighted by Crippen LogP contribution is -2.48. The second-order valence-corrected chi connectivity index (χ2v) is 8.55. The highest BCUT2D eigenvalue weighted by Crippen LogP contribution is 2.70.